The van der Waals surface area contributed by atoms with E-state index in [0.717, 1.165) is 0 Å². The zero-order chi connectivity index (χ0) is 27.3. The molecule has 2 unspecified atom stereocenters. The minimum absolute atomic E-state index is 0.112. The van der Waals surface area contributed by atoms with E-state index >= 15 is 0 Å². The number of carbonyl (C=O) groups is 4. The molecule has 0 fully saturated rings. The van der Waals surface area contributed by atoms with E-state index in [9.17, 15) is 19.2 Å². The fraction of sp³-hybridized carbons (Fsp3) is 0.630. The van der Waals surface area contributed by atoms with Gasteiger partial charge in [-0.25, -0.2) is 0 Å². The second kappa shape index (κ2) is 15.9. The molecule has 1 aromatic carbocycles. The van der Waals surface area contributed by atoms with Gasteiger partial charge in [-0.3, -0.25) is 19.2 Å². The predicted molar refractivity (Wildman–Crippen MR) is 135 cm³/mol. The fourth-order valence-electron chi connectivity index (χ4n) is 3.00. The van der Waals surface area contributed by atoms with E-state index in [1.54, 1.807) is 32.0 Å². The van der Waals surface area contributed by atoms with Gasteiger partial charge in [0.05, 0.1) is 18.9 Å². The van der Waals surface area contributed by atoms with Crippen molar-refractivity contribution < 1.29 is 38.1 Å². The molecule has 0 heterocycles. The van der Waals surface area contributed by atoms with Crippen molar-refractivity contribution in [2.24, 2.45) is 17.8 Å². The molecule has 9 nitrogen and oxygen atoms in total. The number of hydrogen-bond donors (Lipinski definition) is 1. The molecule has 3 atom stereocenters. The van der Waals surface area contributed by atoms with Crippen LogP contribution in [-0.2, 0) is 35.1 Å². The first-order valence-electron chi connectivity index (χ1n) is 12.5. The Morgan fingerprint density at radius 2 is 1.44 bits per heavy atom. The minimum Gasteiger partial charge on any atom is -0.468 e. The average molecular weight is 508 g/mol. The van der Waals surface area contributed by atoms with Crippen molar-refractivity contribution in [1.82, 2.24) is 5.32 Å². The summed E-state index contributed by atoms with van der Waals surface area (Å²) < 4.78 is 21.2. The summed E-state index contributed by atoms with van der Waals surface area (Å²) in [6.45, 7) is 11.5. The Morgan fingerprint density at radius 1 is 0.861 bits per heavy atom. The number of rotatable bonds is 15. The Balaban J connectivity index is 3.02. The number of esters is 4. The quantitative estimate of drug-likeness (QED) is 0.215. The lowest BCUT2D eigenvalue weighted by Crippen LogP contribution is -2.41. The molecule has 0 saturated heterocycles. The highest BCUT2D eigenvalue weighted by Gasteiger charge is 2.23. The molecule has 1 N–H and O–H groups in total. The maximum atomic E-state index is 12.5. The van der Waals surface area contributed by atoms with E-state index in [4.69, 9.17) is 18.9 Å². The van der Waals surface area contributed by atoms with Crippen LogP contribution in [0.3, 0.4) is 0 Å². The number of nitrogens with one attached hydrogen (secondary N) is 1. The second-order valence-corrected chi connectivity index (χ2v) is 9.29. The maximum Gasteiger partial charge on any atom is 0.323 e. The van der Waals surface area contributed by atoms with Crippen LogP contribution in [0.2, 0.25) is 0 Å². The normalized spacial score (nSPS) is 13.4. The van der Waals surface area contributed by atoms with Crippen LogP contribution in [-0.4, -0.2) is 50.2 Å². The number of hydrogen-bond acceptors (Lipinski definition) is 9. The summed E-state index contributed by atoms with van der Waals surface area (Å²) in [6.07, 6.45) is 1.74. The van der Waals surface area contributed by atoms with Crippen LogP contribution in [0, 0.1) is 17.8 Å². The monoisotopic (exact) mass is 507 g/mol. The lowest BCUT2D eigenvalue weighted by Gasteiger charge is -2.19. The third-order valence-electron chi connectivity index (χ3n) is 5.71. The zero-order valence-electron chi connectivity index (χ0n) is 22.6. The van der Waals surface area contributed by atoms with Gasteiger partial charge in [0.2, 0.25) is 0 Å². The first-order valence-corrected chi connectivity index (χ1v) is 12.5. The van der Waals surface area contributed by atoms with Crippen LogP contribution in [0.4, 0.5) is 0 Å². The van der Waals surface area contributed by atoms with E-state index in [2.05, 4.69) is 5.32 Å². The third-order valence-corrected chi connectivity index (χ3v) is 5.71. The van der Waals surface area contributed by atoms with Crippen molar-refractivity contribution in [3.8, 4) is 11.5 Å². The molecule has 0 aliphatic heterocycles. The number of benzene rings is 1. The van der Waals surface area contributed by atoms with E-state index in [1.165, 1.54) is 7.11 Å². The van der Waals surface area contributed by atoms with Gasteiger partial charge in [0.15, 0.2) is 11.5 Å². The largest absolute Gasteiger partial charge is 0.468 e. The van der Waals surface area contributed by atoms with Crippen LogP contribution in [0.15, 0.2) is 18.2 Å². The molecular formula is C27H41NO8. The molecule has 0 radical (unpaired) electrons. The topological polar surface area (TPSA) is 117 Å². The van der Waals surface area contributed by atoms with Crippen LogP contribution in [0.1, 0.15) is 66.4 Å². The Morgan fingerprint density at radius 3 is 1.97 bits per heavy atom. The maximum absolute atomic E-state index is 12.5. The van der Waals surface area contributed by atoms with Crippen molar-refractivity contribution in [2.45, 2.75) is 73.3 Å². The van der Waals surface area contributed by atoms with Gasteiger partial charge in [0.1, 0.15) is 12.6 Å². The molecule has 0 aromatic heterocycles. The molecule has 0 amide bonds. The van der Waals surface area contributed by atoms with Crippen LogP contribution < -0.4 is 14.8 Å². The Bertz CT molecular complexity index is 883. The van der Waals surface area contributed by atoms with E-state index < -0.39 is 23.9 Å². The molecule has 9 heteroatoms. The highest BCUT2D eigenvalue weighted by Crippen LogP contribution is 2.31. The lowest BCUT2D eigenvalue weighted by atomic mass is 10.0. The fourth-order valence-corrected chi connectivity index (χ4v) is 3.00. The van der Waals surface area contributed by atoms with Crippen LogP contribution in [0.25, 0.3) is 0 Å². The zero-order valence-corrected chi connectivity index (χ0v) is 22.6. The van der Waals surface area contributed by atoms with Gasteiger partial charge in [-0.05, 0) is 42.9 Å². The molecule has 0 saturated carbocycles. The minimum atomic E-state index is -0.731. The molecule has 0 aliphatic carbocycles. The van der Waals surface area contributed by atoms with Crippen molar-refractivity contribution in [1.29, 1.82) is 0 Å². The molecule has 0 spiro atoms. The van der Waals surface area contributed by atoms with Gasteiger partial charge in [-0.1, -0.05) is 47.6 Å². The van der Waals surface area contributed by atoms with E-state index in [1.807, 2.05) is 27.7 Å². The van der Waals surface area contributed by atoms with Crippen LogP contribution >= 0.6 is 0 Å². The first-order chi connectivity index (χ1) is 17.0. The summed E-state index contributed by atoms with van der Waals surface area (Å²) >= 11 is 0. The summed E-state index contributed by atoms with van der Waals surface area (Å²) in [7, 11) is 1.29. The summed E-state index contributed by atoms with van der Waals surface area (Å²) in [5, 5.41) is 3.04. The number of carbonyl (C=O) groups excluding carboxylic acids is 4. The predicted octanol–water partition coefficient (Wildman–Crippen LogP) is 3.85. The Labute approximate surface area is 214 Å². The van der Waals surface area contributed by atoms with Crippen molar-refractivity contribution in [3.63, 3.8) is 0 Å². The van der Waals surface area contributed by atoms with Gasteiger partial charge >= 0.3 is 23.9 Å². The SMILES string of the molecule is CCC(C)C(=O)Oc1ccc(C[C@H](NCCOC(=O)CC(C)C)C(=O)OC)cc1OC(=O)C(C)CC. The lowest BCUT2D eigenvalue weighted by molar-refractivity contribution is -0.145. The van der Waals surface area contributed by atoms with Gasteiger partial charge in [0.25, 0.3) is 0 Å². The standard InChI is InChI=1S/C27H41NO8/c1-8-18(5)25(30)35-22-11-10-20(16-23(22)36-26(31)19(6)9-2)15-21(27(32)33-7)28-12-13-34-24(29)14-17(3)4/h10-11,16-19,21,28H,8-9,12-15H2,1-7H3/t18?,19?,21-/m0/s1. The summed E-state index contributed by atoms with van der Waals surface area (Å²) in [6, 6.07) is 4.10. The van der Waals surface area contributed by atoms with Gasteiger partial charge in [-0.15, -0.1) is 0 Å². The Kier molecular flexibility index (Phi) is 13.8. The molecular weight excluding hydrogens is 466 g/mol. The van der Waals surface area contributed by atoms with Crippen LogP contribution in [0.5, 0.6) is 11.5 Å². The van der Waals surface area contributed by atoms with Crippen molar-refractivity contribution >= 4 is 23.9 Å². The Hall–Kier alpha value is -2.94. The van der Waals surface area contributed by atoms with Gasteiger partial charge < -0.3 is 24.3 Å². The highest BCUT2D eigenvalue weighted by molar-refractivity contribution is 5.79. The first kappa shape index (κ1) is 31.1. The number of ether oxygens (including phenoxy) is 4. The molecule has 1 rings (SSSR count). The molecule has 36 heavy (non-hydrogen) atoms. The molecule has 202 valence electrons. The second-order valence-electron chi connectivity index (χ2n) is 9.29. The molecule has 0 aliphatic rings. The third kappa shape index (κ3) is 10.8. The summed E-state index contributed by atoms with van der Waals surface area (Å²) in [5.74, 6) is -1.86. The summed E-state index contributed by atoms with van der Waals surface area (Å²) in [5.41, 5.74) is 0.657. The van der Waals surface area contributed by atoms with Gasteiger partial charge in [-0.2, -0.15) is 0 Å². The van der Waals surface area contributed by atoms with E-state index in [-0.39, 0.29) is 54.8 Å². The smallest absolute Gasteiger partial charge is 0.323 e. The molecule has 1 aromatic rings. The number of methoxy groups -OCH3 is 1. The molecule has 0 bridgehead atoms. The van der Waals surface area contributed by atoms with Crippen molar-refractivity contribution in [3.05, 3.63) is 23.8 Å². The highest BCUT2D eigenvalue weighted by atomic mass is 16.6. The van der Waals surface area contributed by atoms with Gasteiger partial charge in [0, 0.05) is 13.0 Å². The average Bonchev–Trinajstić information content (AvgIpc) is 2.84. The van der Waals surface area contributed by atoms with Crippen molar-refractivity contribution in [2.75, 3.05) is 20.3 Å². The van der Waals surface area contributed by atoms with E-state index in [0.29, 0.717) is 24.8 Å². The summed E-state index contributed by atoms with van der Waals surface area (Å²) in [4.78, 5) is 48.9.